The summed E-state index contributed by atoms with van der Waals surface area (Å²) in [5.41, 5.74) is 2.72. The molecular weight excluding hydrogens is 328 g/mol. The fourth-order valence-corrected chi connectivity index (χ4v) is 4.22. The molecule has 3 rings (SSSR count). The average molecular weight is 357 g/mol. The van der Waals surface area contributed by atoms with Crippen molar-refractivity contribution in [1.29, 1.82) is 0 Å². The summed E-state index contributed by atoms with van der Waals surface area (Å²) in [6.07, 6.45) is 1.14. The zero-order valence-electron chi connectivity index (χ0n) is 15.3. The number of nitrogens with zero attached hydrogens (tertiary/aromatic N) is 2. The Labute approximate surface area is 155 Å². The van der Waals surface area contributed by atoms with Crippen LogP contribution in [0.15, 0.2) is 46.8 Å². The monoisotopic (exact) mass is 356 g/mol. The average Bonchev–Trinajstić information content (AvgIpc) is 3.18. The molecule has 4 nitrogen and oxygen atoms in total. The van der Waals surface area contributed by atoms with Gasteiger partial charge in [0.2, 0.25) is 0 Å². The van der Waals surface area contributed by atoms with Crippen LogP contribution in [0.5, 0.6) is 0 Å². The first-order valence-corrected chi connectivity index (χ1v) is 9.82. The maximum atomic E-state index is 4.40. The number of benzene rings is 1. The Balaban J connectivity index is 1.51. The maximum Gasteiger partial charge on any atom is 0.191 e. The van der Waals surface area contributed by atoms with Gasteiger partial charge in [-0.3, -0.25) is 9.89 Å². The minimum absolute atomic E-state index is 0.439. The summed E-state index contributed by atoms with van der Waals surface area (Å²) in [7, 11) is 1.84. The number of thiophene rings is 1. The van der Waals surface area contributed by atoms with Gasteiger partial charge in [-0.05, 0) is 42.8 Å². The predicted octanol–water partition coefficient (Wildman–Crippen LogP) is 3.38. The largest absolute Gasteiger partial charge is 0.352 e. The summed E-state index contributed by atoms with van der Waals surface area (Å²) in [5.74, 6) is 0.895. The van der Waals surface area contributed by atoms with E-state index in [4.69, 9.17) is 0 Å². The Hall–Kier alpha value is -1.85. The SMILES string of the molecule is CN=C(NCc1sccc1C)NC1CC(C)N(Cc2ccccc2)C1. The molecule has 0 amide bonds. The van der Waals surface area contributed by atoms with Gasteiger partial charge in [0.15, 0.2) is 5.96 Å². The fourth-order valence-electron chi connectivity index (χ4n) is 3.38. The summed E-state index contributed by atoms with van der Waals surface area (Å²) in [6.45, 7) is 7.37. The van der Waals surface area contributed by atoms with Gasteiger partial charge in [0.05, 0.1) is 6.54 Å². The van der Waals surface area contributed by atoms with Gasteiger partial charge in [-0.25, -0.2) is 0 Å². The lowest BCUT2D eigenvalue weighted by Crippen LogP contribution is -2.44. The van der Waals surface area contributed by atoms with Crippen LogP contribution in [0.25, 0.3) is 0 Å². The molecule has 2 unspecified atom stereocenters. The molecule has 2 aromatic rings. The molecule has 1 fully saturated rings. The highest BCUT2D eigenvalue weighted by Crippen LogP contribution is 2.20. The second-order valence-electron chi connectivity index (χ2n) is 6.79. The van der Waals surface area contributed by atoms with Crippen molar-refractivity contribution >= 4 is 17.3 Å². The Kier molecular flexibility index (Phi) is 6.10. The number of likely N-dealkylation sites (tertiary alicyclic amines) is 1. The Morgan fingerprint density at radius 2 is 2.08 bits per heavy atom. The van der Waals surface area contributed by atoms with Crippen LogP contribution in [-0.2, 0) is 13.1 Å². The third kappa shape index (κ3) is 4.83. The van der Waals surface area contributed by atoms with Crippen LogP contribution in [0.2, 0.25) is 0 Å². The van der Waals surface area contributed by atoms with E-state index in [2.05, 4.69) is 76.2 Å². The predicted molar refractivity (Wildman–Crippen MR) is 107 cm³/mol. The molecule has 2 atom stereocenters. The topological polar surface area (TPSA) is 39.7 Å². The van der Waals surface area contributed by atoms with Gasteiger partial charge in [0, 0.05) is 37.1 Å². The molecule has 1 aromatic heterocycles. The summed E-state index contributed by atoms with van der Waals surface area (Å²) in [5, 5.41) is 9.19. The lowest BCUT2D eigenvalue weighted by molar-refractivity contribution is 0.258. The molecule has 0 saturated carbocycles. The number of nitrogens with one attached hydrogen (secondary N) is 2. The number of hydrogen-bond acceptors (Lipinski definition) is 3. The minimum atomic E-state index is 0.439. The van der Waals surface area contributed by atoms with Crippen LogP contribution in [0, 0.1) is 6.92 Å². The summed E-state index contributed by atoms with van der Waals surface area (Å²) >= 11 is 1.79. The van der Waals surface area contributed by atoms with Crippen LogP contribution in [0.3, 0.4) is 0 Å². The number of aliphatic imine (C=N–C) groups is 1. The number of guanidine groups is 1. The van der Waals surface area contributed by atoms with E-state index in [1.54, 1.807) is 11.3 Å². The van der Waals surface area contributed by atoms with Crippen LogP contribution in [0.1, 0.15) is 29.3 Å². The van der Waals surface area contributed by atoms with Gasteiger partial charge in [0.25, 0.3) is 0 Å². The van der Waals surface area contributed by atoms with Crippen molar-refractivity contribution in [2.75, 3.05) is 13.6 Å². The van der Waals surface area contributed by atoms with Gasteiger partial charge in [-0.1, -0.05) is 30.3 Å². The van der Waals surface area contributed by atoms with Crippen LogP contribution in [0.4, 0.5) is 0 Å². The molecule has 0 spiro atoms. The van der Waals surface area contributed by atoms with Gasteiger partial charge in [-0.15, -0.1) is 11.3 Å². The molecule has 0 aliphatic carbocycles. The Morgan fingerprint density at radius 1 is 1.28 bits per heavy atom. The van der Waals surface area contributed by atoms with E-state index < -0.39 is 0 Å². The number of rotatable bonds is 5. The lowest BCUT2D eigenvalue weighted by Gasteiger charge is -2.21. The van der Waals surface area contributed by atoms with Crippen molar-refractivity contribution in [1.82, 2.24) is 15.5 Å². The normalized spacial score (nSPS) is 21.5. The molecule has 134 valence electrons. The van der Waals surface area contributed by atoms with E-state index in [0.717, 1.165) is 32.0 Å². The van der Waals surface area contributed by atoms with Crippen molar-refractivity contribution in [2.24, 2.45) is 4.99 Å². The fraction of sp³-hybridized carbons (Fsp3) is 0.450. The molecular formula is C20H28N4S. The van der Waals surface area contributed by atoms with E-state index in [1.165, 1.54) is 16.0 Å². The summed E-state index contributed by atoms with van der Waals surface area (Å²) < 4.78 is 0. The van der Waals surface area contributed by atoms with E-state index in [0.29, 0.717) is 12.1 Å². The molecule has 0 radical (unpaired) electrons. The second-order valence-corrected chi connectivity index (χ2v) is 7.79. The first kappa shape index (κ1) is 18.0. The quantitative estimate of drug-likeness (QED) is 0.637. The molecule has 25 heavy (non-hydrogen) atoms. The highest BCUT2D eigenvalue weighted by Gasteiger charge is 2.29. The van der Waals surface area contributed by atoms with Crippen molar-refractivity contribution in [3.05, 3.63) is 57.8 Å². The molecule has 0 bridgehead atoms. The van der Waals surface area contributed by atoms with Crippen LogP contribution < -0.4 is 10.6 Å². The zero-order chi connectivity index (χ0) is 17.6. The van der Waals surface area contributed by atoms with Crippen molar-refractivity contribution < 1.29 is 0 Å². The zero-order valence-corrected chi connectivity index (χ0v) is 16.1. The number of aryl methyl sites for hydroxylation is 1. The van der Waals surface area contributed by atoms with Crippen molar-refractivity contribution in [2.45, 2.75) is 45.4 Å². The maximum absolute atomic E-state index is 4.40. The third-order valence-corrected chi connectivity index (χ3v) is 5.90. The molecule has 5 heteroatoms. The van der Waals surface area contributed by atoms with Crippen LogP contribution in [-0.4, -0.2) is 36.5 Å². The molecule has 1 aliphatic heterocycles. The lowest BCUT2D eigenvalue weighted by atomic mass is 10.2. The van der Waals surface area contributed by atoms with Crippen molar-refractivity contribution in [3.63, 3.8) is 0 Å². The van der Waals surface area contributed by atoms with Crippen molar-refractivity contribution in [3.8, 4) is 0 Å². The van der Waals surface area contributed by atoms with E-state index >= 15 is 0 Å². The standard InChI is InChI=1S/C20H28N4S/c1-15-9-10-25-19(15)12-22-20(21-3)23-18-11-16(2)24(14-18)13-17-7-5-4-6-8-17/h4-10,16,18H,11-14H2,1-3H3,(H2,21,22,23). The van der Waals surface area contributed by atoms with E-state index in [9.17, 15) is 0 Å². The van der Waals surface area contributed by atoms with E-state index in [-0.39, 0.29) is 0 Å². The van der Waals surface area contributed by atoms with Gasteiger partial charge >= 0.3 is 0 Å². The van der Waals surface area contributed by atoms with Gasteiger partial charge < -0.3 is 10.6 Å². The van der Waals surface area contributed by atoms with Crippen LogP contribution >= 0.6 is 11.3 Å². The second kappa shape index (κ2) is 8.50. The Bertz CT molecular complexity index is 695. The number of hydrogen-bond donors (Lipinski definition) is 2. The smallest absolute Gasteiger partial charge is 0.191 e. The first-order chi connectivity index (χ1) is 12.2. The van der Waals surface area contributed by atoms with E-state index in [1.807, 2.05) is 7.05 Å². The molecule has 2 heterocycles. The summed E-state index contributed by atoms with van der Waals surface area (Å²) in [4.78, 5) is 8.31. The first-order valence-electron chi connectivity index (χ1n) is 8.94. The third-order valence-electron chi connectivity index (χ3n) is 4.88. The van der Waals surface area contributed by atoms with Gasteiger partial charge in [-0.2, -0.15) is 0 Å². The molecule has 1 saturated heterocycles. The molecule has 2 N–H and O–H groups in total. The highest BCUT2D eigenvalue weighted by atomic mass is 32.1. The Morgan fingerprint density at radius 3 is 2.76 bits per heavy atom. The highest BCUT2D eigenvalue weighted by molar-refractivity contribution is 7.10. The molecule has 1 aliphatic rings. The summed E-state index contributed by atoms with van der Waals surface area (Å²) in [6, 6.07) is 13.9. The minimum Gasteiger partial charge on any atom is -0.352 e. The molecule has 1 aromatic carbocycles. The van der Waals surface area contributed by atoms with Gasteiger partial charge in [0.1, 0.15) is 0 Å².